The summed E-state index contributed by atoms with van der Waals surface area (Å²) in [7, 11) is -7.10. The van der Waals surface area contributed by atoms with E-state index in [-0.39, 0.29) is 23.5 Å². The predicted molar refractivity (Wildman–Crippen MR) is 111 cm³/mol. The Bertz CT molecular complexity index is 1130. The van der Waals surface area contributed by atoms with Crippen molar-refractivity contribution in [3.63, 3.8) is 0 Å². The molecule has 0 saturated heterocycles. The summed E-state index contributed by atoms with van der Waals surface area (Å²) in [4.78, 5) is 0. The van der Waals surface area contributed by atoms with E-state index >= 15 is 0 Å². The Kier molecular flexibility index (Phi) is 5.95. The lowest BCUT2D eigenvalue weighted by Gasteiger charge is -2.23. The van der Waals surface area contributed by atoms with E-state index in [1.807, 2.05) is 0 Å². The first kappa shape index (κ1) is 21.3. The topological polar surface area (TPSA) is 95.9 Å². The molecule has 0 fully saturated rings. The van der Waals surface area contributed by atoms with E-state index in [4.69, 9.17) is 0 Å². The van der Waals surface area contributed by atoms with Crippen molar-refractivity contribution in [2.45, 2.75) is 26.3 Å². The first-order valence-electron chi connectivity index (χ1n) is 9.11. The summed E-state index contributed by atoms with van der Waals surface area (Å²) >= 11 is 0. The molecule has 0 bridgehead atoms. The highest BCUT2D eigenvalue weighted by Gasteiger charge is 2.37. The van der Waals surface area contributed by atoms with Crippen molar-refractivity contribution in [1.29, 1.82) is 0 Å². The smallest absolute Gasteiger partial charge is 0.250 e. The molecule has 0 aromatic heterocycles. The number of rotatable bonds is 7. The third-order valence-corrected chi connectivity index (χ3v) is 7.60. The molecule has 156 valence electrons. The molecular weight excluding hydrogens is 417 g/mol. The average molecular weight is 440 g/mol. The Morgan fingerprint density at radius 3 is 2.28 bits per heavy atom. The Hall–Kier alpha value is -2.46. The Balaban J connectivity index is 1.94. The van der Waals surface area contributed by atoms with E-state index in [0.29, 0.717) is 17.0 Å². The average Bonchev–Trinajstić information content (AvgIpc) is 3.15. The fraction of sp³-hybridized carbons (Fsp3) is 0.316. The molecule has 0 unspecified atom stereocenters. The van der Waals surface area contributed by atoms with Crippen molar-refractivity contribution in [2.24, 2.45) is 5.10 Å². The molecule has 10 heteroatoms. The number of nitrogens with zero attached hydrogens (tertiary/aromatic N) is 2. The first-order chi connectivity index (χ1) is 13.7. The van der Waals surface area contributed by atoms with Crippen LogP contribution < -0.4 is 4.72 Å². The summed E-state index contributed by atoms with van der Waals surface area (Å²) in [6.45, 7) is 3.05. The number of nitrogens with one attached hydrogen (secondary N) is 1. The van der Waals surface area contributed by atoms with Crippen LogP contribution in [-0.4, -0.2) is 38.5 Å². The summed E-state index contributed by atoms with van der Waals surface area (Å²) in [5.41, 5.74) is 1.79. The van der Waals surface area contributed by atoms with Gasteiger partial charge >= 0.3 is 0 Å². The zero-order valence-electron chi connectivity index (χ0n) is 16.0. The maximum atomic E-state index is 14.3. The number of halogens is 1. The van der Waals surface area contributed by atoms with Crippen LogP contribution in [0, 0.1) is 5.82 Å². The monoisotopic (exact) mass is 439 g/mol. The molecule has 0 saturated carbocycles. The van der Waals surface area contributed by atoms with Crippen LogP contribution in [0.25, 0.3) is 0 Å². The minimum absolute atomic E-state index is 0.0460. The zero-order chi connectivity index (χ0) is 21.2. The largest absolute Gasteiger partial charge is 0.284 e. The molecule has 29 heavy (non-hydrogen) atoms. The molecule has 1 aliphatic heterocycles. The van der Waals surface area contributed by atoms with E-state index in [1.165, 1.54) is 19.9 Å². The van der Waals surface area contributed by atoms with Crippen molar-refractivity contribution in [3.8, 4) is 0 Å². The van der Waals surface area contributed by atoms with Gasteiger partial charge in [-0.2, -0.15) is 9.52 Å². The lowest BCUT2D eigenvalue weighted by molar-refractivity contribution is 0.363. The molecule has 1 heterocycles. The van der Waals surface area contributed by atoms with Gasteiger partial charge in [0.05, 0.1) is 23.3 Å². The molecule has 1 aliphatic rings. The van der Waals surface area contributed by atoms with Gasteiger partial charge in [0.25, 0.3) is 0 Å². The number of benzene rings is 2. The lowest BCUT2D eigenvalue weighted by Crippen LogP contribution is -2.29. The maximum Gasteiger partial charge on any atom is 0.250 e. The van der Waals surface area contributed by atoms with Gasteiger partial charge in [-0.3, -0.25) is 4.72 Å². The predicted octanol–water partition coefficient (Wildman–Crippen LogP) is 3.09. The molecule has 1 N–H and O–H groups in total. The van der Waals surface area contributed by atoms with Crippen molar-refractivity contribution >= 4 is 31.4 Å². The second-order valence-electron chi connectivity index (χ2n) is 6.54. The van der Waals surface area contributed by atoms with Gasteiger partial charge in [0.15, 0.2) is 0 Å². The van der Waals surface area contributed by atoms with Crippen molar-refractivity contribution in [1.82, 2.24) is 4.41 Å². The molecule has 7 nitrogen and oxygen atoms in total. The molecule has 2 aromatic carbocycles. The zero-order valence-corrected chi connectivity index (χ0v) is 17.7. The standard InChI is InChI=1S/C19H22FN3O4S2/c1-3-28(24,25)22-15-11-9-14(10-12-15)18-13-19(16-7-5-6-8-17(16)20)23(21-18)29(26,27)4-2/h5-12,19,22H,3-4,13H2,1-2H3/t19-/m0/s1. The highest BCUT2D eigenvalue weighted by molar-refractivity contribution is 7.92. The van der Waals surface area contributed by atoms with E-state index in [9.17, 15) is 21.2 Å². The number of hydrazone groups is 1. The fourth-order valence-electron chi connectivity index (χ4n) is 3.01. The van der Waals surface area contributed by atoms with Gasteiger partial charge in [-0.05, 0) is 37.6 Å². The van der Waals surface area contributed by atoms with Crippen LogP contribution in [0.3, 0.4) is 0 Å². The van der Waals surface area contributed by atoms with Crippen LogP contribution in [-0.2, 0) is 20.0 Å². The molecular formula is C19H22FN3O4S2. The Labute approximate surface area is 170 Å². The number of sulfonamides is 2. The lowest BCUT2D eigenvalue weighted by atomic mass is 9.99. The molecule has 1 atom stereocenters. The van der Waals surface area contributed by atoms with E-state index in [1.54, 1.807) is 42.5 Å². The first-order valence-corrected chi connectivity index (χ1v) is 12.4. The summed E-state index contributed by atoms with van der Waals surface area (Å²) in [6, 6.07) is 11.8. The van der Waals surface area contributed by atoms with Gasteiger partial charge < -0.3 is 0 Å². The highest BCUT2D eigenvalue weighted by atomic mass is 32.2. The van der Waals surface area contributed by atoms with Gasteiger partial charge in [0, 0.05) is 17.7 Å². The number of hydrogen-bond acceptors (Lipinski definition) is 5. The minimum atomic E-state index is -3.70. The fourth-order valence-corrected chi connectivity index (χ4v) is 4.71. The number of hydrogen-bond donors (Lipinski definition) is 1. The highest BCUT2D eigenvalue weighted by Crippen LogP contribution is 2.36. The summed E-state index contributed by atoms with van der Waals surface area (Å²) < 4.78 is 66.2. The third-order valence-electron chi connectivity index (χ3n) is 4.66. The van der Waals surface area contributed by atoms with Gasteiger partial charge in [0.1, 0.15) is 5.82 Å². The minimum Gasteiger partial charge on any atom is -0.284 e. The second-order valence-corrected chi connectivity index (χ2v) is 10.7. The molecule has 0 radical (unpaired) electrons. The van der Waals surface area contributed by atoms with Crippen molar-refractivity contribution < 1.29 is 21.2 Å². The van der Waals surface area contributed by atoms with E-state index in [0.717, 1.165) is 4.41 Å². The van der Waals surface area contributed by atoms with E-state index < -0.39 is 31.9 Å². The third kappa shape index (κ3) is 4.59. The molecule has 2 aromatic rings. The van der Waals surface area contributed by atoms with Crippen LogP contribution in [0.2, 0.25) is 0 Å². The molecule has 3 rings (SSSR count). The van der Waals surface area contributed by atoms with E-state index in [2.05, 4.69) is 9.82 Å². The Morgan fingerprint density at radius 2 is 1.69 bits per heavy atom. The summed E-state index contributed by atoms with van der Waals surface area (Å²) in [5, 5.41) is 4.28. The van der Waals surface area contributed by atoms with Gasteiger partial charge in [0.2, 0.25) is 20.0 Å². The number of anilines is 1. The SMILES string of the molecule is CCS(=O)(=O)Nc1ccc(C2=NN(S(=O)(=O)CC)[C@H](c3ccccc3F)C2)cc1. The summed E-state index contributed by atoms with van der Waals surface area (Å²) in [6.07, 6.45) is 0.209. The Morgan fingerprint density at radius 1 is 1.03 bits per heavy atom. The van der Waals surface area contributed by atoms with Gasteiger partial charge in [-0.25, -0.2) is 21.2 Å². The quantitative estimate of drug-likeness (QED) is 0.717. The van der Waals surface area contributed by atoms with Crippen LogP contribution in [0.5, 0.6) is 0 Å². The van der Waals surface area contributed by atoms with Crippen LogP contribution in [0.4, 0.5) is 10.1 Å². The van der Waals surface area contributed by atoms with Gasteiger partial charge in [-0.15, -0.1) is 0 Å². The normalized spacial score (nSPS) is 17.3. The van der Waals surface area contributed by atoms with Crippen molar-refractivity contribution in [3.05, 3.63) is 65.5 Å². The van der Waals surface area contributed by atoms with Gasteiger partial charge in [-0.1, -0.05) is 30.3 Å². The molecule has 0 spiro atoms. The summed E-state index contributed by atoms with van der Waals surface area (Å²) in [5.74, 6) is -0.697. The molecule has 0 amide bonds. The van der Waals surface area contributed by atoms with Crippen LogP contribution in [0.15, 0.2) is 53.6 Å². The molecule has 0 aliphatic carbocycles. The van der Waals surface area contributed by atoms with Crippen LogP contribution in [0.1, 0.15) is 37.4 Å². The second kappa shape index (κ2) is 8.11. The maximum absolute atomic E-state index is 14.3. The van der Waals surface area contributed by atoms with Crippen LogP contribution >= 0.6 is 0 Å². The van der Waals surface area contributed by atoms with Crippen molar-refractivity contribution in [2.75, 3.05) is 16.2 Å².